The minimum Gasteiger partial charge on any atom is -0.481 e. The maximum Gasteiger partial charge on any atom is 0.306 e. The van der Waals surface area contributed by atoms with E-state index >= 15 is 0 Å². The molecule has 0 amide bonds. The molecule has 0 aromatic heterocycles. The number of hydrogen-bond donors (Lipinski definition) is 2. The molecule has 0 bridgehead atoms. The Hall–Kier alpha value is -2.38. The zero-order chi connectivity index (χ0) is 32.9. The zero-order valence-corrected chi connectivity index (χ0v) is 28.4. The summed E-state index contributed by atoms with van der Waals surface area (Å²) in [5, 5.41) is 17.8. The average Bonchev–Trinajstić information content (AvgIpc) is 3.31. The van der Waals surface area contributed by atoms with E-state index in [9.17, 15) is 19.2 Å². The number of hydrogen-bond acceptors (Lipinski definition) is 6. The second-order valence-corrected chi connectivity index (χ2v) is 15.7. The fourth-order valence-corrected chi connectivity index (χ4v) is 10.1. The highest BCUT2D eigenvalue weighted by molar-refractivity contribution is 5.72. The molecule has 3 fully saturated rings. The standard InChI is InChI=1S/C37H58O8/c1-23(2)12-17-31(45-35(43)11-7-9-33(40)41)24(3)28-15-16-29-27-14-13-25-22-26(44-34(42)10-6-8-32(38)39)18-20-36(25,4)30(27)19-21-37(28,29)5/h13,23-24,26-31H,6-12,14-22H2,1-5H3,(H,38,39)(H,40,41)/t24-,26?,27-,28+,29-,30-,31-,36-,37+/m0/s1. The van der Waals surface area contributed by atoms with Gasteiger partial charge < -0.3 is 19.7 Å². The van der Waals surface area contributed by atoms with Gasteiger partial charge in [-0.3, -0.25) is 19.2 Å². The van der Waals surface area contributed by atoms with Gasteiger partial charge in [0.05, 0.1) is 0 Å². The third-order valence-corrected chi connectivity index (χ3v) is 12.5. The Morgan fingerprint density at radius 2 is 1.51 bits per heavy atom. The Kier molecular flexibility index (Phi) is 11.8. The number of fused-ring (bicyclic) bond motifs is 5. The lowest BCUT2D eigenvalue weighted by Crippen LogP contribution is -2.51. The van der Waals surface area contributed by atoms with Gasteiger partial charge in [-0.1, -0.05) is 46.3 Å². The van der Waals surface area contributed by atoms with Crippen LogP contribution >= 0.6 is 0 Å². The topological polar surface area (TPSA) is 127 Å². The van der Waals surface area contributed by atoms with Crippen molar-refractivity contribution in [3.63, 3.8) is 0 Å². The van der Waals surface area contributed by atoms with Gasteiger partial charge >= 0.3 is 23.9 Å². The van der Waals surface area contributed by atoms with E-state index in [-0.39, 0.29) is 66.6 Å². The van der Waals surface area contributed by atoms with Crippen LogP contribution in [0.1, 0.15) is 137 Å². The molecule has 1 unspecified atom stereocenters. The van der Waals surface area contributed by atoms with E-state index in [2.05, 4.69) is 40.7 Å². The largest absolute Gasteiger partial charge is 0.481 e. The van der Waals surface area contributed by atoms with E-state index in [0.29, 0.717) is 42.4 Å². The number of carbonyl (C=O) groups excluding carboxylic acids is 2. The molecule has 0 heterocycles. The first-order valence-corrected chi connectivity index (χ1v) is 17.8. The fraction of sp³-hybridized carbons (Fsp3) is 0.838. The third kappa shape index (κ3) is 8.32. The predicted molar refractivity (Wildman–Crippen MR) is 171 cm³/mol. The number of carboxylic acids is 2. The van der Waals surface area contributed by atoms with Gasteiger partial charge in [-0.2, -0.15) is 0 Å². The zero-order valence-electron chi connectivity index (χ0n) is 28.4. The molecule has 8 nitrogen and oxygen atoms in total. The van der Waals surface area contributed by atoms with E-state index < -0.39 is 11.9 Å². The molecule has 4 aliphatic rings. The van der Waals surface area contributed by atoms with Crippen LogP contribution in [0.2, 0.25) is 0 Å². The van der Waals surface area contributed by atoms with Crippen molar-refractivity contribution >= 4 is 23.9 Å². The molecule has 4 aliphatic carbocycles. The van der Waals surface area contributed by atoms with Crippen LogP contribution in [0.5, 0.6) is 0 Å². The number of carboxylic acid groups (broad SMARTS) is 2. The monoisotopic (exact) mass is 630 g/mol. The summed E-state index contributed by atoms with van der Waals surface area (Å²) in [5.41, 5.74) is 1.79. The molecular formula is C37H58O8. The predicted octanol–water partition coefficient (Wildman–Crippen LogP) is 7.97. The van der Waals surface area contributed by atoms with Gasteiger partial charge in [0.15, 0.2) is 0 Å². The summed E-state index contributed by atoms with van der Waals surface area (Å²) in [7, 11) is 0. The van der Waals surface area contributed by atoms with Gasteiger partial charge in [0, 0.05) is 32.1 Å². The van der Waals surface area contributed by atoms with E-state index in [4.69, 9.17) is 19.7 Å². The number of ether oxygens (including phenoxy) is 2. The lowest BCUT2D eigenvalue weighted by molar-refractivity contribution is -0.155. The van der Waals surface area contributed by atoms with Crippen LogP contribution in [-0.2, 0) is 28.7 Å². The highest BCUT2D eigenvalue weighted by atomic mass is 16.5. The Bertz CT molecular complexity index is 1110. The Balaban J connectivity index is 1.41. The van der Waals surface area contributed by atoms with Crippen LogP contribution < -0.4 is 0 Å². The van der Waals surface area contributed by atoms with E-state index in [1.54, 1.807) is 0 Å². The van der Waals surface area contributed by atoms with Crippen LogP contribution in [0.4, 0.5) is 0 Å². The van der Waals surface area contributed by atoms with Crippen molar-refractivity contribution in [1.29, 1.82) is 0 Å². The summed E-state index contributed by atoms with van der Waals surface area (Å²) < 4.78 is 12.0. The molecule has 0 aromatic rings. The smallest absolute Gasteiger partial charge is 0.306 e. The highest BCUT2D eigenvalue weighted by Crippen LogP contribution is 2.67. The van der Waals surface area contributed by atoms with E-state index in [1.807, 2.05) is 0 Å². The highest BCUT2D eigenvalue weighted by Gasteiger charge is 2.60. The summed E-state index contributed by atoms with van der Waals surface area (Å²) in [5.74, 6) is 0.852. The van der Waals surface area contributed by atoms with Crippen molar-refractivity contribution in [1.82, 2.24) is 0 Å². The summed E-state index contributed by atoms with van der Waals surface area (Å²) in [6, 6.07) is 0. The molecule has 254 valence electrons. The maximum absolute atomic E-state index is 12.8. The molecule has 3 saturated carbocycles. The molecule has 0 spiro atoms. The number of allylic oxidation sites excluding steroid dienone is 1. The van der Waals surface area contributed by atoms with Crippen molar-refractivity contribution in [3.05, 3.63) is 11.6 Å². The fourth-order valence-electron chi connectivity index (χ4n) is 10.1. The van der Waals surface area contributed by atoms with Gasteiger partial charge in [0.25, 0.3) is 0 Å². The van der Waals surface area contributed by atoms with Crippen molar-refractivity contribution < 1.29 is 38.9 Å². The van der Waals surface area contributed by atoms with Crippen LogP contribution in [-0.4, -0.2) is 46.3 Å². The van der Waals surface area contributed by atoms with Crippen LogP contribution in [0.25, 0.3) is 0 Å². The summed E-state index contributed by atoms with van der Waals surface area (Å²) in [4.78, 5) is 46.9. The van der Waals surface area contributed by atoms with E-state index in [0.717, 1.165) is 44.9 Å². The Morgan fingerprint density at radius 3 is 2.16 bits per heavy atom. The summed E-state index contributed by atoms with van der Waals surface area (Å²) >= 11 is 0. The molecule has 8 heteroatoms. The molecule has 0 aromatic carbocycles. The van der Waals surface area contributed by atoms with Gasteiger partial charge in [-0.05, 0) is 117 Å². The lowest BCUT2D eigenvalue weighted by Gasteiger charge is -2.58. The van der Waals surface area contributed by atoms with Gasteiger partial charge in [0.2, 0.25) is 0 Å². The number of aliphatic carboxylic acids is 2. The quantitative estimate of drug-likeness (QED) is 0.138. The minimum absolute atomic E-state index is 0.00979. The molecule has 0 radical (unpaired) electrons. The van der Waals surface area contributed by atoms with Gasteiger partial charge in [-0.15, -0.1) is 0 Å². The minimum atomic E-state index is -0.885. The molecule has 0 aliphatic heterocycles. The normalized spacial score (nSPS) is 33.6. The first kappa shape index (κ1) is 35.5. The second kappa shape index (κ2) is 15.0. The molecule has 45 heavy (non-hydrogen) atoms. The number of esters is 2. The molecule has 2 N–H and O–H groups in total. The number of rotatable bonds is 15. The summed E-state index contributed by atoms with van der Waals surface area (Å²) in [6.07, 6.45) is 13.5. The maximum atomic E-state index is 12.8. The van der Waals surface area contributed by atoms with E-state index in [1.165, 1.54) is 24.8 Å². The average molecular weight is 631 g/mol. The Labute approximate surface area is 270 Å². The second-order valence-electron chi connectivity index (χ2n) is 15.7. The first-order valence-electron chi connectivity index (χ1n) is 17.8. The van der Waals surface area contributed by atoms with Crippen molar-refractivity contribution in [3.8, 4) is 0 Å². The van der Waals surface area contributed by atoms with Crippen molar-refractivity contribution in [2.45, 2.75) is 150 Å². The Morgan fingerprint density at radius 1 is 0.844 bits per heavy atom. The van der Waals surface area contributed by atoms with Crippen LogP contribution in [0, 0.1) is 46.3 Å². The summed E-state index contributed by atoms with van der Waals surface area (Å²) in [6.45, 7) is 11.7. The molecule has 0 saturated heterocycles. The van der Waals surface area contributed by atoms with Gasteiger partial charge in [-0.25, -0.2) is 0 Å². The van der Waals surface area contributed by atoms with Crippen molar-refractivity contribution in [2.75, 3.05) is 0 Å². The first-order chi connectivity index (χ1) is 21.2. The molecular weight excluding hydrogens is 572 g/mol. The van der Waals surface area contributed by atoms with Crippen molar-refractivity contribution in [2.24, 2.45) is 46.3 Å². The third-order valence-electron chi connectivity index (χ3n) is 12.5. The van der Waals surface area contributed by atoms with Crippen LogP contribution in [0.3, 0.4) is 0 Å². The SMILES string of the molecule is CC(C)CC[C@H](OC(=O)CCCC(=O)O)[C@@H](C)[C@H]1CC[C@H]2[C@@H]3CC=C4CC(OC(=O)CCCC(=O)O)CC[C@]4(C)[C@H]3CC[C@]12C. The van der Waals surface area contributed by atoms with Gasteiger partial charge in [0.1, 0.15) is 12.2 Å². The lowest BCUT2D eigenvalue weighted by atomic mass is 9.47. The molecule has 4 rings (SSSR count). The van der Waals surface area contributed by atoms with Crippen LogP contribution in [0.15, 0.2) is 11.6 Å². The number of carbonyl (C=O) groups is 4. The molecule has 9 atom stereocenters.